The summed E-state index contributed by atoms with van der Waals surface area (Å²) in [6.45, 7) is 4.72. The van der Waals surface area contributed by atoms with Crippen LogP contribution in [0.5, 0.6) is 0 Å². The van der Waals surface area contributed by atoms with Gasteiger partial charge in [0.2, 0.25) is 0 Å². The molecule has 0 saturated carbocycles. The fraction of sp³-hybridized carbons (Fsp3) is 0.0566. The minimum Gasteiger partial charge on any atom is -0.310 e. The van der Waals surface area contributed by atoms with E-state index in [4.69, 9.17) is 0 Å². The van der Waals surface area contributed by atoms with Gasteiger partial charge in [-0.25, -0.2) is 0 Å². The summed E-state index contributed by atoms with van der Waals surface area (Å²) in [5.74, 6) is 0. The molecule has 0 aromatic heterocycles. The van der Waals surface area contributed by atoms with Gasteiger partial charge in [-0.05, 0) is 102 Å². The summed E-state index contributed by atoms with van der Waals surface area (Å²) in [7, 11) is 0. The molecule has 0 N–H and O–H groups in total. The highest BCUT2D eigenvalue weighted by Gasteiger charge is 2.37. The molecule has 0 amide bonds. The largest absolute Gasteiger partial charge is 0.310 e. The number of hydrogen-bond acceptors (Lipinski definition) is 1. The molecule has 0 spiro atoms. The Bertz CT molecular complexity index is 2850. The van der Waals surface area contributed by atoms with Crippen LogP contribution in [0.1, 0.15) is 25.0 Å². The lowest BCUT2D eigenvalue weighted by Gasteiger charge is -2.30. The van der Waals surface area contributed by atoms with E-state index in [0.29, 0.717) is 0 Å². The minimum atomic E-state index is -0.0878. The van der Waals surface area contributed by atoms with Gasteiger partial charge in [-0.1, -0.05) is 184 Å². The number of hydrogen-bond donors (Lipinski definition) is 0. The first kappa shape index (κ1) is 32.0. The second-order valence-electron chi connectivity index (χ2n) is 14.9. The quantitative estimate of drug-likeness (QED) is 0.157. The molecule has 0 unspecified atom stereocenters. The highest BCUT2D eigenvalue weighted by atomic mass is 15.1. The number of anilines is 3. The van der Waals surface area contributed by atoms with Crippen LogP contribution in [-0.2, 0) is 5.41 Å². The fourth-order valence-corrected chi connectivity index (χ4v) is 8.84. The molecule has 1 heteroatoms. The first-order valence-electron chi connectivity index (χ1n) is 18.9. The predicted octanol–water partition coefficient (Wildman–Crippen LogP) is 14.8. The van der Waals surface area contributed by atoms with E-state index >= 15 is 0 Å². The van der Waals surface area contributed by atoms with E-state index in [1.807, 2.05) is 0 Å². The highest BCUT2D eigenvalue weighted by molar-refractivity contribution is 6.09. The first-order valence-corrected chi connectivity index (χ1v) is 18.9. The molecule has 0 bridgehead atoms. The number of nitrogens with zero attached hydrogens (tertiary/aromatic N) is 1. The van der Waals surface area contributed by atoms with Crippen molar-refractivity contribution in [2.45, 2.75) is 19.3 Å². The van der Waals surface area contributed by atoms with Gasteiger partial charge >= 0.3 is 0 Å². The van der Waals surface area contributed by atoms with Gasteiger partial charge in [0.1, 0.15) is 0 Å². The van der Waals surface area contributed by atoms with Crippen LogP contribution in [0.15, 0.2) is 200 Å². The van der Waals surface area contributed by atoms with Crippen LogP contribution in [0.3, 0.4) is 0 Å². The third-order valence-corrected chi connectivity index (χ3v) is 11.5. The summed E-state index contributed by atoms with van der Waals surface area (Å²) in [5, 5.41) is 5.00. The Hall–Kier alpha value is -6.70. The monoisotopic (exact) mass is 689 g/mol. The summed E-state index contributed by atoms with van der Waals surface area (Å²) < 4.78 is 0. The minimum absolute atomic E-state index is 0.0878. The van der Waals surface area contributed by atoms with Crippen molar-refractivity contribution in [1.29, 1.82) is 0 Å². The van der Waals surface area contributed by atoms with Gasteiger partial charge in [0.15, 0.2) is 0 Å². The molecule has 1 aliphatic carbocycles. The van der Waals surface area contributed by atoms with Crippen molar-refractivity contribution in [2.24, 2.45) is 0 Å². The molecule has 256 valence electrons. The molecule has 1 nitrogen and oxygen atoms in total. The molecule has 9 aromatic rings. The second kappa shape index (κ2) is 12.8. The van der Waals surface area contributed by atoms with Crippen molar-refractivity contribution < 1.29 is 0 Å². The maximum Gasteiger partial charge on any atom is 0.0540 e. The van der Waals surface area contributed by atoms with Crippen molar-refractivity contribution in [3.63, 3.8) is 0 Å². The van der Waals surface area contributed by atoms with Crippen LogP contribution in [-0.4, -0.2) is 0 Å². The smallest absolute Gasteiger partial charge is 0.0540 e. The average Bonchev–Trinajstić information content (AvgIpc) is 3.47. The van der Waals surface area contributed by atoms with Crippen LogP contribution >= 0.6 is 0 Å². The number of rotatable bonds is 6. The Morgan fingerprint density at radius 1 is 0.352 bits per heavy atom. The molecule has 0 fully saturated rings. The molecular weight excluding hydrogens is 651 g/mol. The molecule has 0 aliphatic heterocycles. The Labute approximate surface area is 317 Å². The maximum absolute atomic E-state index is 2.47. The van der Waals surface area contributed by atoms with E-state index in [9.17, 15) is 0 Å². The molecule has 9 aromatic carbocycles. The third-order valence-electron chi connectivity index (χ3n) is 11.5. The summed E-state index contributed by atoms with van der Waals surface area (Å²) in [5.41, 5.74) is 15.9. The molecule has 0 saturated heterocycles. The lowest BCUT2D eigenvalue weighted by atomic mass is 9.82. The van der Waals surface area contributed by atoms with Gasteiger partial charge in [0.25, 0.3) is 0 Å². The van der Waals surface area contributed by atoms with E-state index in [1.165, 1.54) is 77.2 Å². The lowest BCUT2D eigenvalue weighted by molar-refractivity contribution is 0.660. The predicted molar refractivity (Wildman–Crippen MR) is 230 cm³/mol. The van der Waals surface area contributed by atoms with E-state index < -0.39 is 0 Å². The van der Waals surface area contributed by atoms with Gasteiger partial charge < -0.3 is 4.90 Å². The lowest BCUT2D eigenvalue weighted by Crippen LogP contribution is -2.15. The Balaban J connectivity index is 1.24. The standard InChI is InChI=1S/C53H39N/c1-53(2)49-25-13-11-23-47(49)52-46(24-15-26-50(52)53)45-22-12-14-27-51(45)54(40-30-33-44-39(34-40)29-28-38-20-9-10-21-42(38)44)41-31-32-43(36-16-5-3-6-17-36)48(35-41)37-18-7-4-8-19-37/h3-35H,1-2H3. The van der Waals surface area contributed by atoms with Gasteiger partial charge in [0, 0.05) is 22.4 Å². The van der Waals surface area contributed by atoms with E-state index in [-0.39, 0.29) is 5.41 Å². The van der Waals surface area contributed by atoms with Gasteiger partial charge in [-0.3, -0.25) is 0 Å². The zero-order valence-electron chi connectivity index (χ0n) is 30.5. The molecular formula is C53H39N. The zero-order valence-corrected chi connectivity index (χ0v) is 30.5. The summed E-state index contributed by atoms with van der Waals surface area (Å²) in [6, 6.07) is 73.5. The van der Waals surface area contributed by atoms with E-state index in [2.05, 4.69) is 219 Å². The molecule has 0 atom stereocenters. The van der Waals surface area contributed by atoms with Crippen LogP contribution < -0.4 is 4.90 Å². The number of fused-ring (bicyclic) bond motifs is 6. The maximum atomic E-state index is 2.47. The zero-order chi connectivity index (χ0) is 36.2. The summed E-state index contributed by atoms with van der Waals surface area (Å²) >= 11 is 0. The van der Waals surface area contributed by atoms with Crippen molar-refractivity contribution in [2.75, 3.05) is 4.90 Å². The molecule has 54 heavy (non-hydrogen) atoms. The van der Waals surface area contributed by atoms with E-state index in [0.717, 1.165) is 17.1 Å². The first-order chi connectivity index (χ1) is 26.6. The summed E-state index contributed by atoms with van der Waals surface area (Å²) in [6.07, 6.45) is 0. The molecule has 0 radical (unpaired) electrons. The highest BCUT2D eigenvalue weighted by Crippen LogP contribution is 2.54. The Morgan fingerprint density at radius 2 is 0.926 bits per heavy atom. The Kier molecular flexibility index (Phi) is 7.56. The molecule has 10 rings (SSSR count). The van der Waals surface area contributed by atoms with Gasteiger partial charge in [0.05, 0.1) is 5.69 Å². The molecule has 0 heterocycles. The van der Waals surface area contributed by atoms with Gasteiger partial charge in [-0.15, -0.1) is 0 Å². The topological polar surface area (TPSA) is 3.24 Å². The average molecular weight is 690 g/mol. The van der Waals surface area contributed by atoms with Crippen LogP contribution in [0.25, 0.3) is 66.1 Å². The van der Waals surface area contributed by atoms with E-state index in [1.54, 1.807) is 0 Å². The van der Waals surface area contributed by atoms with Crippen LogP contribution in [0.4, 0.5) is 17.1 Å². The second-order valence-corrected chi connectivity index (χ2v) is 14.9. The van der Waals surface area contributed by atoms with Crippen molar-refractivity contribution in [1.82, 2.24) is 0 Å². The summed E-state index contributed by atoms with van der Waals surface area (Å²) in [4.78, 5) is 2.47. The third kappa shape index (κ3) is 5.16. The van der Waals surface area contributed by atoms with Crippen molar-refractivity contribution in [3.05, 3.63) is 211 Å². The normalized spacial score (nSPS) is 12.8. The SMILES string of the molecule is CC1(C)c2ccccc2-c2c(-c3ccccc3N(c3ccc(-c4ccccc4)c(-c4ccccc4)c3)c3ccc4c(ccc5ccccc54)c3)cccc21. The molecule has 1 aliphatic rings. The van der Waals surface area contributed by atoms with Gasteiger partial charge in [-0.2, -0.15) is 0 Å². The van der Waals surface area contributed by atoms with Crippen LogP contribution in [0, 0.1) is 0 Å². The van der Waals surface area contributed by atoms with Crippen LogP contribution in [0.2, 0.25) is 0 Å². The van der Waals surface area contributed by atoms with Crippen molar-refractivity contribution in [3.8, 4) is 44.5 Å². The van der Waals surface area contributed by atoms with Crippen molar-refractivity contribution >= 4 is 38.6 Å². The Morgan fingerprint density at radius 3 is 1.74 bits per heavy atom. The fourth-order valence-electron chi connectivity index (χ4n) is 8.84. The number of para-hydroxylation sites is 1. The number of benzene rings is 9.